The zero-order valence-corrected chi connectivity index (χ0v) is 12.8. The summed E-state index contributed by atoms with van der Waals surface area (Å²) in [5, 5.41) is 4.40. The number of nitrogens with zero attached hydrogens (tertiary/aromatic N) is 1. The van der Waals surface area contributed by atoms with Crippen LogP contribution >= 0.6 is 11.6 Å². The van der Waals surface area contributed by atoms with E-state index in [0.29, 0.717) is 12.1 Å². The average molecular weight is 281 g/mol. The molecule has 1 heterocycles. The molecule has 1 aromatic rings. The van der Waals surface area contributed by atoms with Crippen molar-refractivity contribution in [2.75, 3.05) is 19.6 Å². The van der Waals surface area contributed by atoms with E-state index in [-0.39, 0.29) is 0 Å². The molecule has 106 valence electrons. The third-order valence-electron chi connectivity index (χ3n) is 4.11. The van der Waals surface area contributed by atoms with Crippen molar-refractivity contribution >= 4 is 11.6 Å². The summed E-state index contributed by atoms with van der Waals surface area (Å²) < 4.78 is 0. The number of hydrogen-bond acceptors (Lipinski definition) is 2. The number of likely N-dealkylation sites (tertiary alicyclic amines) is 1. The van der Waals surface area contributed by atoms with Gasteiger partial charge in [0, 0.05) is 23.7 Å². The molecule has 2 atom stereocenters. The second-order valence-corrected chi connectivity index (χ2v) is 5.98. The van der Waals surface area contributed by atoms with E-state index in [0.717, 1.165) is 24.5 Å². The molecule has 1 saturated heterocycles. The molecular weight excluding hydrogens is 256 g/mol. The van der Waals surface area contributed by atoms with Crippen LogP contribution in [0.2, 0.25) is 5.02 Å². The van der Waals surface area contributed by atoms with Gasteiger partial charge in [-0.2, -0.15) is 0 Å². The number of piperidine rings is 1. The van der Waals surface area contributed by atoms with E-state index in [1.807, 2.05) is 12.1 Å². The summed E-state index contributed by atoms with van der Waals surface area (Å²) in [5.41, 5.74) is 1.38. The Hall–Kier alpha value is -0.570. The lowest BCUT2D eigenvalue weighted by Gasteiger charge is -2.38. The van der Waals surface area contributed by atoms with Gasteiger partial charge in [-0.1, -0.05) is 30.7 Å². The summed E-state index contributed by atoms with van der Waals surface area (Å²) in [7, 11) is 0. The molecule has 0 aliphatic carbocycles. The molecule has 1 aromatic carbocycles. The van der Waals surface area contributed by atoms with Crippen LogP contribution in [0, 0.1) is 0 Å². The Kier molecular flexibility index (Phi) is 5.68. The van der Waals surface area contributed by atoms with Gasteiger partial charge < -0.3 is 10.2 Å². The second-order valence-electron chi connectivity index (χ2n) is 5.54. The Balaban J connectivity index is 1.79. The molecule has 1 fully saturated rings. The first-order valence-electron chi connectivity index (χ1n) is 7.41. The first kappa shape index (κ1) is 14.8. The number of hydrogen-bond donors (Lipinski definition) is 1. The first-order chi connectivity index (χ1) is 9.19. The molecular formula is C16H25ClN2. The van der Waals surface area contributed by atoms with Gasteiger partial charge in [-0.3, -0.25) is 0 Å². The highest BCUT2D eigenvalue weighted by atomic mass is 35.5. The lowest BCUT2D eigenvalue weighted by atomic mass is 9.97. The summed E-state index contributed by atoms with van der Waals surface area (Å²) in [4.78, 5) is 2.61. The largest absolute Gasteiger partial charge is 0.314 e. The number of nitrogens with one attached hydrogen (secondary N) is 1. The monoisotopic (exact) mass is 280 g/mol. The smallest absolute Gasteiger partial charge is 0.0406 e. The van der Waals surface area contributed by atoms with Crippen molar-refractivity contribution in [1.29, 1.82) is 0 Å². The number of benzene rings is 1. The van der Waals surface area contributed by atoms with Crippen molar-refractivity contribution < 1.29 is 0 Å². The van der Waals surface area contributed by atoms with E-state index < -0.39 is 0 Å². The highest BCUT2D eigenvalue weighted by Gasteiger charge is 2.24. The van der Waals surface area contributed by atoms with Gasteiger partial charge in [0.2, 0.25) is 0 Å². The Morgan fingerprint density at radius 3 is 2.68 bits per heavy atom. The molecule has 1 aliphatic heterocycles. The summed E-state index contributed by atoms with van der Waals surface area (Å²) in [6, 6.07) is 9.64. The molecule has 0 radical (unpaired) electrons. The third-order valence-corrected chi connectivity index (χ3v) is 4.36. The van der Waals surface area contributed by atoms with E-state index in [1.54, 1.807) is 0 Å². The van der Waals surface area contributed by atoms with Crippen molar-refractivity contribution in [3.05, 3.63) is 34.9 Å². The van der Waals surface area contributed by atoms with Crippen LogP contribution in [0.15, 0.2) is 24.3 Å². The van der Waals surface area contributed by atoms with Gasteiger partial charge in [0.05, 0.1) is 0 Å². The highest BCUT2D eigenvalue weighted by Crippen LogP contribution is 2.18. The molecule has 0 amide bonds. The highest BCUT2D eigenvalue weighted by molar-refractivity contribution is 6.30. The van der Waals surface area contributed by atoms with Gasteiger partial charge in [-0.05, 0) is 57.0 Å². The quantitative estimate of drug-likeness (QED) is 0.890. The Morgan fingerprint density at radius 1 is 1.32 bits per heavy atom. The molecule has 1 N–H and O–H groups in total. The lowest BCUT2D eigenvalue weighted by molar-refractivity contribution is 0.138. The van der Waals surface area contributed by atoms with E-state index in [9.17, 15) is 0 Å². The molecule has 3 heteroatoms. The summed E-state index contributed by atoms with van der Waals surface area (Å²) >= 11 is 5.91. The summed E-state index contributed by atoms with van der Waals surface area (Å²) in [6.45, 7) is 8.00. The maximum atomic E-state index is 5.91. The normalized spacial score (nSPS) is 24.6. The van der Waals surface area contributed by atoms with Crippen molar-refractivity contribution in [3.8, 4) is 0 Å². The standard InChI is InChI=1S/C16H25ClN2/c1-3-18-16-9-11-19(13(2)12-16)10-8-14-4-6-15(17)7-5-14/h4-7,13,16,18H,3,8-12H2,1-2H3. The lowest BCUT2D eigenvalue weighted by Crippen LogP contribution is -2.47. The summed E-state index contributed by atoms with van der Waals surface area (Å²) in [5.74, 6) is 0. The SMILES string of the molecule is CCNC1CCN(CCc2ccc(Cl)cc2)C(C)C1. The molecule has 2 nitrogen and oxygen atoms in total. The van der Waals surface area contributed by atoms with Gasteiger partial charge in [-0.25, -0.2) is 0 Å². The zero-order chi connectivity index (χ0) is 13.7. The van der Waals surface area contributed by atoms with Crippen molar-refractivity contribution in [3.63, 3.8) is 0 Å². The predicted octanol–water partition coefficient (Wildman–Crippen LogP) is 3.34. The van der Waals surface area contributed by atoms with Crippen LogP contribution in [0.1, 0.15) is 32.3 Å². The van der Waals surface area contributed by atoms with Gasteiger partial charge in [0.1, 0.15) is 0 Å². The minimum Gasteiger partial charge on any atom is -0.314 e. The summed E-state index contributed by atoms with van der Waals surface area (Å²) in [6.07, 6.45) is 3.67. The molecule has 1 aliphatic rings. The molecule has 0 aromatic heterocycles. The minimum atomic E-state index is 0.685. The van der Waals surface area contributed by atoms with Crippen LogP contribution in [0.5, 0.6) is 0 Å². The fourth-order valence-corrected chi connectivity index (χ4v) is 3.08. The Labute approximate surface area is 122 Å². The molecule has 2 rings (SSSR count). The van der Waals surface area contributed by atoms with Gasteiger partial charge in [0.15, 0.2) is 0 Å². The maximum Gasteiger partial charge on any atom is 0.0406 e. The molecule has 2 unspecified atom stereocenters. The van der Waals surface area contributed by atoms with Gasteiger partial charge >= 0.3 is 0 Å². The van der Waals surface area contributed by atoms with Crippen LogP contribution in [0.3, 0.4) is 0 Å². The van der Waals surface area contributed by atoms with Crippen LogP contribution in [-0.4, -0.2) is 36.6 Å². The molecule has 19 heavy (non-hydrogen) atoms. The Bertz CT molecular complexity index is 377. The van der Waals surface area contributed by atoms with Gasteiger partial charge in [-0.15, -0.1) is 0 Å². The van der Waals surface area contributed by atoms with Gasteiger partial charge in [0.25, 0.3) is 0 Å². The van der Waals surface area contributed by atoms with Crippen molar-refractivity contribution in [2.45, 2.75) is 45.2 Å². The van der Waals surface area contributed by atoms with Crippen molar-refractivity contribution in [2.24, 2.45) is 0 Å². The number of halogens is 1. The fraction of sp³-hybridized carbons (Fsp3) is 0.625. The van der Waals surface area contributed by atoms with E-state index in [1.165, 1.54) is 24.9 Å². The molecule has 0 bridgehead atoms. The van der Waals surface area contributed by atoms with E-state index in [2.05, 4.69) is 36.2 Å². The van der Waals surface area contributed by atoms with Crippen LogP contribution in [0.25, 0.3) is 0 Å². The van der Waals surface area contributed by atoms with E-state index >= 15 is 0 Å². The molecule has 0 spiro atoms. The molecule has 0 saturated carbocycles. The zero-order valence-electron chi connectivity index (χ0n) is 12.0. The average Bonchev–Trinajstić information content (AvgIpc) is 2.40. The number of rotatable bonds is 5. The fourth-order valence-electron chi connectivity index (χ4n) is 2.95. The van der Waals surface area contributed by atoms with Crippen molar-refractivity contribution in [1.82, 2.24) is 10.2 Å². The minimum absolute atomic E-state index is 0.685. The Morgan fingerprint density at radius 2 is 2.05 bits per heavy atom. The topological polar surface area (TPSA) is 15.3 Å². The van der Waals surface area contributed by atoms with Crippen LogP contribution in [0.4, 0.5) is 0 Å². The third kappa shape index (κ3) is 4.48. The first-order valence-corrected chi connectivity index (χ1v) is 7.78. The predicted molar refractivity (Wildman–Crippen MR) is 82.9 cm³/mol. The van der Waals surface area contributed by atoms with E-state index in [4.69, 9.17) is 11.6 Å². The maximum absolute atomic E-state index is 5.91. The van der Waals surface area contributed by atoms with Crippen LogP contribution in [-0.2, 0) is 6.42 Å². The van der Waals surface area contributed by atoms with Crippen LogP contribution < -0.4 is 5.32 Å². The second kappa shape index (κ2) is 7.28.